The Morgan fingerprint density at radius 1 is 1.32 bits per heavy atom. The first-order valence-electron chi connectivity index (χ1n) is 9.44. The molecular weight excluding hydrogens is 360 g/mol. The van der Waals surface area contributed by atoms with Gasteiger partial charge in [-0.25, -0.2) is 0 Å². The summed E-state index contributed by atoms with van der Waals surface area (Å²) in [5.41, 5.74) is 12.4. The minimum Gasteiger partial charge on any atom is -0.387 e. The predicted molar refractivity (Wildman–Crippen MR) is 103 cm³/mol. The number of hydrogen-bond donors (Lipinski definition) is 2. The molecule has 0 bridgehead atoms. The van der Waals surface area contributed by atoms with Crippen LogP contribution >= 0.6 is 0 Å². The van der Waals surface area contributed by atoms with E-state index in [-0.39, 0.29) is 12.8 Å². The van der Waals surface area contributed by atoms with Crippen LogP contribution in [0.2, 0.25) is 0 Å². The van der Waals surface area contributed by atoms with Gasteiger partial charge < -0.3 is 16.3 Å². The summed E-state index contributed by atoms with van der Waals surface area (Å²) in [4.78, 5) is 53.4. The van der Waals surface area contributed by atoms with Gasteiger partial charge in [0.1, 0.15) is 6.29 Å². The van der Waals surface area contributed by atoms with Crippen LogP contribution in [0.25, 0.3) is 0 Å². The number of aliphatic imine (C=N–C) groups is 1. The van der Waals surface area contributed by atoms with Gasteiger partial charge in [-0.1, -0.05) is 12.1 Å². The topological polar surface area (TPSA) is 136 Å². The zero-order valence-corrected chi connectivity index (χ0v) is 15.6. The summed E-state index contributed by atoms with van der Waals surface area (Å²) in [5.74, 6) is -0.510. The molecule has 148 valence electrons. The molecule has 3 amide bonds. The van der Waals surface area contributed by atoms with Gasteiger partial charge in [-0.3, -0.25) is 24.3 Å². The fraction of sp³-hybridized carbons (Fsp3) is 0.450. The zero-order valence-electron chi connectivity index (χ0n) is 15.6. The first-order valence-corrected chi connectivity index (χ1v) is 9.44. The Kier molecular flexibility index (Phi) is 5.87. The summed E-state index contributed by atoms with van der Waals surface area (Å²) >= 11 is 0. The number of carbonyl (C=O) groups is 4. The van der Waals surface area contributed by atoms with Crippen LogP contribution in [0.4, 0.5) is 0 Å². The van der Waals surface area contributed by atoms with E-state index in [4.69, 9.17) is 11.5 Å². The maximum absolute atomic E-state index is 13.0. The van der Waals surface area contributed by atoms with Gasteiger partial charge in [0, 0.05) is 19.4 Å². The van der Waals surface area contributed by atoms with Crippen molar-refractivity contribution in [1.29, 1.82) is 0 Å². The molecule has 0 aromatic heterocycles. The van der Waals surface area contributed by atoms with Crippen LogP contribution in [0.5, 0.6) is 0 Å². The predicted octanol–water partition coefficient (Wildman–Crippen LogP) is 0.815. The lowest BCUT2D eigenvalue weighted by atomic mass is 9.89. The molecule has 0 saturated heterocycles. The Hall–Kier alpha value is -3.03. The van der Waals surface area contributed by atoms with Crippen LogP contribution in [0, 0.1) is 5.92 Å². The third-order valence-corrected chi connectivity index (χ3v) is 5.38. The van der Waals surface area contributed by atoms with Crippen molar-refractivity contribution in [3.05, 3.63) is 34.9 Å². The normalized spacial score (nSPS) is 19.9. The van der Waals surface area contributed by atoms with Gasteiger partial charge in [0.05, 0.1) is 23.0 Å². The van der Waals surface area contributed by atoms with Crippen LogP contribution in [0.15, 0.2) is 23.2 Å². The molecule has 28 heavy (non-hydrogen) atoms. The molecule has 2 atom stereocenters. The lowest BCUT2D eigenvalue weighted by molar-refractivity contribution is -0.118. The van der Waals surface area contributed by atoms with E-state index in [9.17, 15) is 19.2 Å². The average Bonchev–Trinajstić information content (AvgIpc) is 2.92. The minimum absolute atomic E-state index is 0.0281. The second-order valence-corrected chi connectivity index (χ2v) is 7.30. The molecule has 2 aliphatic heterocycles. The Morgan fingerprint density at radius 2 is 2.11 bits per heavy atom. The van der Waals surface area contributed by atoms with Crippen molar-refractivity contribution >= 4 is 29.8 Å². The maximum Gasteiger partial charge on any atom is 0.262 e. The largest absolute Gasteiger partial charge is 0.387 e. The molecule has 3 rings (SSSR count). The molecule has 0 aliphatic carbocycles. The molecule has 0 radical (unpaired) electrons. The molecule has 1 aromatic carbocycles. The van der Waals surface area contributed by atoms with E-state index in [2.05, 4.69) is 4.99 Å². The third kappa shape index (κ3) is 3.95. The molecule has 2 aliphatic rings. The molecule has 0 fully saturated rings. The number of aldehydes is 1. The second-order valence-electron chi connectivity index (χ2n) is 7.30. The van der Waals surface area contributed by atoms with Gasteiger partial charge in [0.15, 0.2) is 0 Å². The number of nitrogens with two attached hydrogens (primary N) is 2. The van der Waals surface area contributed by atoms with Crippen molar-refractivity contribution in [2.24, 2.45) is 22.4 Å². The standard InChI is InChI=1S/C20H24N4O4/c21-16-10-12(8-9-23-16)4-5-13-2-1-3-15-18(13)20(28)24(19(15)27)14(11-25)6-7-17(22)26/h1-3,11-12,14H,4-10H2,(H2,21,23)(H2,22,26). The summed E-state index contributed by atoms with van der Waals surface area (Å²) in [5, 5.41) is 0. The molecule has 0 spiro atoms. The summed E-state index contributed by atoms with van der Waals surface area (Å²) in [6.07, 6.45) is 3.65. The number of benzene rings is 1. The van der Waals surface area contributed by atoms with Gasteiger partial charge in [-0.15, -0.1) is 0 Å². The van der Waals surface area contributed by atoms with E-state index in [0.29, 0.717) is 35.6 Å². The number of carbonyl (C=O) groups excluding carboxylic acids is 4. The molecule has 8 heteroatoms. The highest BCUT2D eigenvalue weighted by Crippen LogP contribution is 2.30. The Labute approximate surface area is 163 Å². The lowest BCUT2D eigenvalue weighted by Gasteiger charge is -2.21. The fourth-order valence-electron chi connectivity index (χ4n) is 3.89. The Morgan fingerprint density at radius 3 is 2.79 bits per heavy atom. The Balaban J connectivity index is 1.78. The zero-order chi connectivity index (χ0) is 20.3. The highest BCUT2D eigenvalue weighted by atomic mass is 16.2. The minimum atomic E-state index is -0.998. The number of amides is 3. The van der Waals surface area contributed by atoms with Crippen LogP contribution < -0.4 is 11.5 Å². The molecule has 0 saturated carbocycles. The smallest absolute Gasteiger partial charge is 0.262 e. The number of rotatable bonds is 8. The molecule has 2 heterocycles. The van der Waals surface area contributed by atoms with Crippen LogP contribution in [-0.4, -0.2) is 47.3 Å². The van der Waals surface area contributed by atoms with E-state index in [0.717, 1.165) is 36.3 Å². The van der Waals surface area contributed by atoms with Gasteiger partial charge in [0.25, 0.3) is 11.8 Å². The summed E-state index contributed by atoms with van der Waals surface area (Å²) in [7, 11) is 0. The summed E-state index contributed by atoms with van der Waals surface area (Å²) in [6, 6.07) is 4.19. The molecule has 1 aromatic rings. The van der Waals surface area contributed by atoms with Gasteiger partial charge in [-0.2, -0.15) is 0 Å². The van der Waals surface area contributed by atoms with E-state index in [1.165, 1.54) is 0 Å². The third-order valence-electron chi connectivity index (χ3n) is 5.38. The van der Waals surface area contributed by atoms with Crippen molar-refractivity contribution in [2.75, 3.05) is 6.54 Å². The quantitative estimate of drug-likeness (QED) is 0.505. The Bertz CT molecular complexity index is 849. The molecular formula is C20H24N4O4. The van der Waals surface area contributed by atoms with Crippen molar-refractivity contribution in [3.63, 3.8) is 0 Å². The van der Waals surface area contributed by atoms with Gasteiger partial charge in [-0.05, 0) is 43.2 Å². The number of nitrogens with zero attached hydrogens (tertiary/aromatic N) is 2. The highest BCUT2D eigenvalue weighted by Gasteiger charge is 2.41. The van der Waals surface area contributed by atoms with E-state index in [1.54, 1.807) is 12.1 Å². The summed E-state index contributed by atoms with van der Waals surface area (Å²) in [6.45, 7) is 0.718. The number of imide groups is 1. The number of aryl methyl sites for hydroxylation is 1. The molecule has 8 nitrogen and oxygen atoms in total. The van der Waals surface area contributed by atoms with Gasteiger partial charge in [0.2, 0.25) is 5.91 Å². The monoisotopic (exact) mass is 384 g/mol. The van der Waals surface area contributed by atoms with Crippen molar-refractivity contribution in [3.8, 4) is 0 Å². The maximum atomic E-state index is 13.0. The number of fused-ring (bicyclic) bond motifs is 1. The number of primary amides is 1. The molecule has 4 N–H and O–H groups in total. The first-order chi connectivity index (χ1) is 13.4. The van der Waals surface area contributed by atoms with Crippen molar-refractivity contribution in [2.45, 2.75) is 44.6 Å². The second kappa shape index (κ2) is 8.33. The lowest BCUT2D eigenvalue weighted by Crippen LogP contribution is -2.41. The first kappa shape index (κ1) is 19.7. The SMILES string of the molecule is NC(=O)CCC(C=O)N1C(=O)c2cccc(CCC3CCN=C(N)C3)c2C1=O. The van der Waals surface area contributed by atoms with Gasteiger partial charge >= 0.3 is 0 Å². The fourth-order valence-corrected chi connectivity index (χ4v) is 3.89. The summed E-state index contributed by atoms with van der Waals surface area (Å²) < 4.78 is 0. The number of amidine groups is 1. The highest BCUT2D eigenvalue weighted by molar-refractivity contribution is 6.23. The van der Waals surface area contributed by atoms with Crippen molar-refractivity contribution in [1.82, 2.24) is 4.90 Å². The molecule has 2 unspecified atom stereocenters. The van der Waals surface area contributed by atoms with Crippen LogP contribution in [0.1, 0.15) is 58.4 Å². The van der Waals surface area contributed by atoms with E-state index in [1.807, 2.05) is 6.07 Å². The van der Waals surface area contributed by atoms with E-state index >= 15 is 0 Å². The van der Waals surface area contributed by atoms with Crippen LogP contribution in [-0.2, 0) is 16.0 Å². The number of hydrogen-bond acceptors (Lipinski definition) is 6. The van der Waals surface area contributed by atoms with E-state index < -0.39 is 23.8 Å². The van der Waals surface area contributed by atoms with Crippen LogP contribution in [0.3, 0.4) is 0 Å². The average molecular weight is 384 g/mol. The van der Waals surface area contributed by atoms with Crippen molar-refractivity contribution < 1.29 is 19.2 Å².